The minimum atomic E-state index is -0.208. The molecule has 0 saturated heterocycles. The summed E-state index contributed by atoms with van der Waals surface area (Å²) in [5.74, 6) is 1.15. The Morgan fingerprint density at radius 3 is 2.65 bits per heavy atom. The molecule has 1 fully saturated rings. The van der Waals surface area contributed by atoms with E-state index in [1.54, 1.807) is 13.8 Å². The summed E-state index contributed by atoms with van der Waals surface area (Å²) < 4.78 is 5.26. The SMILES string of the molecule is Cc1nc(C)c(C(=O)NC(CN)C2CC2)o1.Cl. The number of nitrogens with one attached hydrogen (secondary N) is 1. The summed E-state index contributed by atoms with van der Waals surface area (Å²) in [6.45, 7) is 3.97. The van der Waals surface area contributed by atoms with Gasteiger partial charge in [-0.25, -0.2) is 4.98 Å². The molecule has 1 aliphatic carbocycles. The van der Waals surface area contributed by atoms with Crippen LogP contribution in [0.25, 0.3) is 0 Å². The number of aryl methyl sites for hydroxylation is 2. The zero-order valence-corrected chi connectivity index (χ0v) is 10.8. The molecular weight excluding hydrogens is 242 g/mol. The highest BCUT2D eigenvalue weighted by Crippen LogP contribution is 2.32. The fourth-order valence-corrected chi connectivity index (χ4v) is 1.84. The van der Waals surface area contributed by atoms with Crippen LogP contribution in [0.3, 0.4) is 0 Å². The molecule has 3 N–H and O–H groups in total. The van der Waals surface area contributed by atoms with Gasteiger partial charge in [-0.05, 0) is 25.7 Å². The van der Waals surface area contributed by atoms with Crippen LogP contribution in [0, 0.1) is 19.8 Å². The van der Waals surface area contributed by atoms with Crippen molar-refractivity contribution in [3.8, 4) is 0 Å². The Balaban J connectivity index is 0.00000144. The molecule has 1 atom stereocenters. The predicted molar refractivity (Wildman–Crippen MR) is 66.3 cm³/mol. The van der Waals surface area contributed by atoms with Crippen molar-refractivity contribution in [2.24, 2.45) is 11.7 Å². The summed E-state index contributed by atoms with van der Waals surface area (Å²) in [5, 5.41) is 2.90. The first kappa shape index (κ1) is 14.0. The predicted octanol–water partition coefficient (Wildman–Crippen LogP) is 1.18. The van der Waals surface area contributed by atoms with Crippen molar-refractivity contribution in [2.45, 2.75) is 32.7 Å². The van der Waals surface area contributed by atoms with E-state index in [-0.39, 0.29) is 24.4 Å². The highest BCUT2D eigenvalue weighted by atomic mass is 35.5. The lowest BCUT2D eigenvalue weighted by molar-refractivity contribution is 0.0903. The molecule has 1 aromatic rings. The molecular formula is C11H18ClN3O2. The van der Waals surface area contributed by atoms with Crippen molar-refractivity contribution in [1.82, 2.24) is 10.3 Å². The standard InChI is InChI=1S/C11H17N3O2.ClH/c1-6-10(16-7(2)13-6)11(15)14-9(5-12)8-3-4-8;/h8-9H,3-5,12H2,1-2H3,(H,14,15);1H. The zero-order valence-electron chi connectivity index (χ0n) is 10.0. The first-order valence-electron chi connectivity index (χ1n) is 5.56. The van der Waals surface area contributed by atoms with Crippen molar-refractivity contribution in [3.63, 3.8) is 0 Å². The van der Waals surface area contributed by atoms with Crippen LogP contribution in [-0.2, 0) is 0 Å². The number of carbonyl (C=O) groups is 1. The maximum atomic E-state index is 11.9. The topological polar surface area (TPSA) is 81.2 Å². The second-order valence-electron chi connectivity index (χ2n) is 4.30. The number of halogens is 1. The van der Waals surface area contributed by atoms with Gasteiger partial charge in [0.1, 0.15) is 0 Å². The Morgan fingerprint density at radius 1 is 1.59 bits per heavy atom. The molecule has 1 heterocycles. The van der Waals surface area contributed by atoms with Crippen molar-refractivity contribution >= 4 is 18.3 Å². The van der Waals surface area contributed by atoms with E-state index in [4.69, 9.17) is 10.2 Å². The third kappa shape index (κ3) is 3.20. The molecule has 6 heteroatoms. The number of nitrogens with two attached hydrogens (primary N) is 1. The maximum Gasteiger partial charge on any atom is 0.289 e. The van der Waals surface area contributed by atoms with E-state index >= 15 is 0 Å². The van der Waals surface area contributed by atoms with Crippen LogP contribution < -0.4 is 11.1 Å². The molecule has 1 amide bonds. The zero-order chi connectivity index (χ0) is 11.7. The van der Waals surface area contributed by atoms with Gasteiger partial charge in [0.15, 0.2) is 5.89 Å². The first-order valence-corrected chi connectivity index (χ1v) is 5.56. The molecule has 0 spiro atoms. The van der Waals surface area contributed by atoms with Gasteiger partial charge < -0.3 is 15.5 Å². The van der Waals surface area contributed by atoms with Crippen molar-refractivity contribution < 1.29 is 9.21 Å². The molecule has 96 valence electrons. The molecule has 5 nitrogen and oxygen atoms in total. The average Bonchev–Trinajstić information content (AvgIpc) is 3.01. The summed E-state index contributed by atoms with van der Waals surface area (Å²) >= 11 is 0. The monoisotopic (exact) mass is 259 g/mol. The third-order valence-electron chi connectivity index (χ3n) is 2.87. The fraction of sp³-hybridized carbons (Fsp3) is 0.636. The summed E-state index contributed by atoms with van der Waals surface area (Å²) in [5.41, 5.74) is 6.25. The van der Waals surface area contributed by atoms with E-state index in [9.17, 15) is 4.79 Å². The lowest BCUT2D eigenvalue weighted by Crippen LogP contribution is -2.41. The van der Waals surface area contributed by atoms with Gasteiger partial charge in [0, 0.05) is 19.5 Å². The number of hydrogen-bond donors (Lipinski definition) is 2. The number of amides is 1. The molecule has 2 rings (SSSR count). The second kappa shape index (κ2) is 5.51. The van der Waals surface area contributed by atoms with Gasteiger partial charge in [-0.3, -0.25) is 4.79 Å². The van der Waals surface area contributed by atoms with Crippen LogP contribution >= 0.6 is 12.4 Å². The second-order valence-corrected chi connectivity index (χ2v) is 4.30. The number of hydrogen-bond acceptors (Lipinski definition) is 4. The van der Waals surface area contributed by atoms with Gasteiger partial charge in [-0.2, -0.15) is 0 Å². The van der Waals surface area contributed by atoms with Crippen LogP contribution in [0.15, 0.2) is 4.42 Å². The van der Waals surface area contributed by atoms with Gasteiger partial charge in [0.2, 0.25) is 5.76 Å². The van der Waals surface area contributed by atoms with Gasteiger partial charge in [0.05, 0.1) is 5.69 Å². The quantitative estimate of drug-likeness (QED) is 0.851. The summed E-state index contributed by atoms with van der Waals surface area (Å²) in [4.78, 5) is 15.9. The van der Waals surface area contributed by atoms with E-state index in [0.717, 1.165) is 12.8 Å². The average molecular weight is 260 g/mol. The van der Waals surface area contributed by atoms with Gasteiger partial charge in [-0.1, -0.05) is 0 Å². The smallest absolute Gasteiger partial charge is 0.289 e. The molecule has 17 heavy (non-hydrogen) atoms. The Kier molecular flexibility index (Phi) is 4.54. The largest absolute Gasteiger partial charge is 0.436 e. The minimum absolute atomic E-state index is 0. The number of rotatable bonds is 4. The Labute approximate surface area is 107 Å². The highest BCUT2D eigenvalue weighted by Gasteiger charge is 2.32. The Hall–Kier alpha value is -1.07. The Morgan fingerprint density at radius 2 is 2.24 bits per heavy atom. The van der Waals surface area contributed by atoms with E-state index in [1.807, 2.05) is 0 Å². The normalized spacial score (nSPS) is 16.2. The first-order chi connectivity index (χ1) is 7.61. The van der Waals surface area contributed by atoms with E-state index in [1.165, 1.54) is 0 Å². The maximum absolute atomic E-state index is 11.9. The third-order valence-corrected chi connectivity index (χ3v) is 2.87. The van der Waals surface area contributed by atoms with E-state index in [2.05, 4.69) is 10.3 Å². The van der Waals surface area contributed by atoms with Crippen LogP contribution in [-0.4, -0.2) is 23.5 Å². The molecule has 1 saturated carbocycles. The van der Waals surface area contributed by atoms with Crippen molar-refractivity contribution in [2.75, 3.05) is 6.54 Å². The number of oxazole rings is 1. The lowest BCUT2D eigenvalue weighted by atomic mass is 10.2. The van der Waals surface area contributed by atoms with Crippen LogP contribution in [0.1, 0.15) is 35.0 Å². The van der Waals surface area contributed by atoms with Crippen LogP contribution in [0.4, 0.5) is 0 Å². The van der Waals surface area contributed by atoms with E-state index in [0.29, 0.717) is 29.8 Å². The number of aromatic nitrogens is 1. The number of nitrogens with zero attached hydrogens (tertiary/aromatic N) is 1. The molecule has 1 unspecified atom stereocenters. The van der Waals surface area contributed by atoms with Crippen molar-refractivity contribution in [1.29, 1.82) is 0 Å². The summed E-state index contributed by atoms with van der Waals surface area (Å²) in [6.07, 6.45) is 2.30. The van der Waals surface area contributed by atoms with Crippen LogP contribution in [0.2, 0.25) is 0 Å². The molecule has 0 aromatic carbocycles. The Bertz CT molecular complexity index is 401. The van der Waals surface area contributed by atoms with E-state index < -0.39 is 0 Å². The molecule has 1 aromatic heterocycles. The van der Waals surface area contributed by atoms with Gasteiger partial charge in [0.25, 0.3) is 5.91 Å². The summed E-state index contributed by atoms with van der Waals surface area (Å²) in [7, 11) is 0. The summed E-state index contributed by atoms with van der Waals surface area (Å²) in [6, 6.07) is 0.0670. The van der Waals surface area contributed by atoms with Gasteiger partial charge in [-0.15, -0.1) is 12.4 Å². The molecule has 0 radical (unpaired) electrons. The van der Waals surface area contributed by atoms with Crippen LogP contribution in [0.5, 0.6) is 0 Å². The highest BCUT2D eigenvalue weighted by molar-refractivity contribution is 5.92. The molecule has 0 aliphatic heterocycles. The molecule has 0 bridgehead atoms. The van der Waals surface area contributed by atoms with Crippen molar-refractivity contribution in [3.05, 3.63) is 17.3 Å². The minimum Gasteiger partial charge on any atom is -0.436 e. The molecule has 1 aliphatic rings. The lowest BCUT2D eigenvalue weighted by Gasteiger charge is -2.14. The fourth-order valence-electron chi connectivity index (χ4n) is 1.84. The van der Waals surface area contributed by atoms with Gasteiger partial charge >= 0.3 is 0 Å². The number of carbonyl (C=O) groups excluding carboxylic acids is 1.